The zero-order valence-electron chi connectivity index (χ0n) is 11.1. The van der Waals surface area contributed by atoms with Crippen LogP contribution in [0, 0.1) is 5.82 Å². The van der Waals surface area contributed by atoms with Gasteiger partial charge in [0.15, 0.2) is 0 Å². The number of anilines is 1. The summed E-state index contributed by atoms with van der Waals surface area (Å²) in [6.07, 6.45) is 1.71. The average molecular weight is 302 g/mol. The van der Waals surface area contributed by atoms with Crippen LogP contribution in [-0.2, 0) is 6.54 Å². The summed E-state index contributed by atoms with van der Waals surface area (Å²) in [4.78, 5) is 0. The number of H-pyrrole nitrogens is 1. The highest BCUT2D eigenvalue weighted by atomic mass is 35.5. The lowest BCUT2D eigenvalue weighted by atomic mass is 10.1. The molecule has 0 amide bonds. The van der Waals surface area contributed by atoms with Crippen LogP contribution in [0.4, 0.5) is 10.1 Å². The van der Waals surface area contributed by atoms with Gasteiger partial charge in [-0.3, -0.25) is 5.10 Å². The molecule has 106 valence electrons. The van der Waals surface area contributed by atoms with Crippen molar-refractivity contribution in [3.05, 3.63) is 71.1 Å². The van der Waals surface area contributed by atoms with Crippen LogP contribution in [0.3, 0.4) is 0 Å². The number of benzene rings is 2. The van der Waals surface area contributed by atoms with Gasteiger partial charge in [-0.05, 0) is 24.3 Å². The topological polar surface area (TPSA) is 40.7 Å². The summed E-state index contributed by atoms with van der Waals surface area (Å²) in [5.74, 6) is -0.378. The number of halogens is 2. The van der Waals surface area contributed by atoms with Crippen LogP contribution in [-0.4, -0.2) is 10.2 Å². The van der Waals surface area contributed by atoms with Gasteiger partial charge in [-0.25, -0.2) is 4.39 Å². The minimum atomic E-state index is -0.378. The molecule has 0 aliphatic rings. The van der Waals surface area contributed by atoms with Crippen molar-refractivity contribution >= 4 is 17.3 Å². The number of rotatable bonds is 4. The molecule has 0 saturated carbocycles. The van der Waals surface area contributed by atoms with Gasteiger partial charge in [0.1, 0.15) is 5.82 Å². The second-order valence-corrected chi connectivity index (χ2v) is 5.02. The van der Waals surface area contributed by atoms with Crippen LogP contribution in [0.5, 0.6) is 0 Å². The average Bonchev–Trinajstić information content (AvgIpc) is 3.03. The third-order valence-electron chi connectivity index (χ3n) is 3.19. The van der Waals surface area contributed by atoms with Gasteiger partial charge in [0.2, 0.25) is 0 Å². The predicted octanol–water partition coefficient (Wildman–Crippen LogP) is 4.48. The van der Waals surface area contributed by atoms with E-state index >= 15 is 0 Å². The summed E-state index contributed by atoms with van der Waals surface area (Å²) in [6.45, 7) is 0.374. The van der Waals surface area contributed by atoms with E-state index in [4.69, 9.17) is 11.6 Å². The number of nitrogens with zero attached hydrogens (tertiary/aromatic N) is 1. The fourth-order valence-corrected chi connectivity index (χ4v) is 2.29. The van der Waals surface area contributed by atoms with Gasteiger partial charge in [0, 0.05) is 29.6 Å². The van der Waals surface area contributed by atoms with Gasteiger partial charge in [-0.1, -0.05) is 35.9 Å². The first kappa shape index (κ1) is 13.6. The van der Waals surface area contributed by atoms with Crippen molar-refractivity contribution in [2.75, 3.05) is 5.32 Å². The van der Waals surface area contributed by atoms with Gasteiger partial charge in [-0.15, -0.1) is 0 Å². The first-order chi connectivity index (χ1) is 10.2. The second-order valence-electron chi connectivity index (χ2n) is 4.62. The molecule has 0 spiro atoms. The number of aromatic nitrogens is 2. The Balaban J connectivity index is 1.77. The molecule has 21 heavy (non-hydrogen) atoms. The standard InChI is InChI=1S/C16H13ClFN3/c17-14-6-2-4-12(16(14)18)10-19-13-5-1-3-11(9-13)15-7-8-20-21-15/h1-9,19H,10H2,(H,20,21). The molecule has 3 aromatic rings. The van der Waals surface area contributed by atoms with Crippen molar-refractivity contribution in [2.45, 2.75) is 6.54 Å². The molecule has 0 saturated heterocycles. The minimum Gasteiger partial charge on any atom is -0.381 e. The van der Waals surface area contributed by atoms with Crippen molar-refractivity contribution in [1.29, 1.82) is 0 Å². The van der Waals surface area contributed by atoms with Crippen LogP contribution in [0.15, 0.2) is 54.7 Å². The van der Waals surface area contributed by atoms with E-state index < -0.39 is 0 Å². The molecule has 0 atom stereocenters. The Kier molecular flexibility index (Phi) is 3.88. The molecular formula is C16H13ClFN3. The molecule has 1 aromatic heterocycles. The molecule has 3 rings (SSSR count). The smallest absolute Gasteiger partial charge is 0.146 e. The van der Waals surface area contributed by atoms with E-state index in [0.29, 0.717) is 12.1 Å². The van der Waals surface area contributed by atoms with E-state index in [1.165, 1.54) is 0 Å². The fourth-order valence-electron chi connectivity index (χ4n) is 2.10. The highest BCUT2D eigenvalue weighted by molar-refractivity contribution is 6.30. The quantitative estimate of drug-likeness (QED) is 0.746. The molecule has 2 N–H and O–H groups in total. The van der Waals surface area contributed by atoms with Gasteiger partial charge in [0.25, 0.3) is 0 Å². The Morgan fingerprint density at radius 1 is 1.14 bits per heavy atom. The van der Waals surface area contributed by atoms with E-state index in [1.54, 1.807) is 24.4 Å². The second kappa shape index (κ2) is 5.97. The van der Waals surface area contributed by atoms with Crippen LogP contribution < -0.4 is 5.32 Å². The monoisotopic (exact) mass is 301 g/mol. The molecule has 0 fully saturated rings. The normalized spacial score (nSPS) is 10.6. The Bertz CT molecular complexity index is 741. The van der Waals surface area contributed by atoms with Crippen molar-refractivity contribution in [3.63, 3.8) is 0 Å². The summed E-state index contributed by atoms with van der Waals surface area (Å²) in [7, 11) is 0. The van der Waals surface area contributed by atoms with Crippen LogP contribution in [0.25, 0.3) is 11.3 Å². The number of hydrogen-bond acceptors (Lipinski definition) is 2. The summed E-state index contributed by atoms with van der Waals surface area (Å²) in [5, 5.41) is 10.2. The molecule has 0 radical (unpaired) electrons. The Morgan fingerprint density at radius 2 is 2.00 bits per heavy atom. The molecule has 2 aromatic carbocycles. The van der Waals surface area contributed by atoms with Crippen LogP contribution in [0.1, 0.15) is 5.56 Å². The summed E-state index contributed by atoms with van der Waals surface area (Å²) < 4.78 is 13.8. The maximum absolute atomic E-state index is 13.8. The molecule has 0 aliphatic heterocycles. The highest BCUT2D eigenvalue weighted by Gasteiger charge is 2.06. The summed E-state index contributed by atoms with van der Waals surface area (Å²) in [6, 6.07) is 14.7. The third kappa shape index (κ3) is 3.06. The lowest BCUT2D eigenvalue weighted by Crippen LogP contribution is -2.02. The van der Waals surface area contributed by atoms with Gasteiger partial charge in [0.05, 0.1) is 10.7 Å². The lowest BCUT2D eigenvalue weighted by molar-refractivity contribution is 0.613. The van der Waals surface area contributed by atoms with E-state index in [-0.39, 0.29) is 10.8 Å². The zero-order valence-corrected chi connectivity index (χ0v) is 11.9. The SMILES string of the molecule is Fc1c(Cl)cccc1CNc1cccc(-c2ccn[nH]2)c1. The molecule has 0 bridgehead atoms. The minimum absolute atomic E-state index is 0.139. The van der Waals surface area contributed by atoms with E-state index in [0.717, 1.165) is 16.9 Å². The lowest BCUT2D eigenvalue weighted by Gasteiger charge is -2.09. The van der Waals surface area contributed by atoms with E-state index in [1.807, 2.05) is 30.3 Å². The van der Waals surface area contributed by atoms with Crippen molar-refractivity contribution in [3.8, 4) is 11.3 Å². The Morgan fingerprint density at radius 3 is 2.81 bits per heavy atom. The third-order valence-corrected chi connectivity index (χ3v) is 3.48. The summed E-state index contributed by atoms with van der Waals surface area (Å²) in [5.41, 5.74) is 3.40. The molecule has 3 nitrogen and oxygen atoms in total. The van der Waals surface area contributed by atoms with E-state index in [2.05, 4.69) is 15.5 Å². The van der Waals surface area contributed by atoms with Crippen molar-refractivity contribution in [1.82, 2.24) is 10.2 Å². The van der Waals surface area contributed by atoms with Crippen molar-refractivity contribution in [2.24, 2.45) is 0 Å². The first-order valence-corrected chi connectivity index (χ1v) is 6.88. The molecular weight excluding hydrogens is 289 g/mol. The molecule has 5 heteroatoms. The number of hydrogen-bond donors (Lipinski definition) is 2. The molecule has 1 heterocycles. The molecule has 0 aliphatic carbocycles. The van der Waals surface area contributed by atoms with Gasteiger partial charge >= 0.3 is 0 Å². The fraction of sp³-hybridized carbons (Fsp3) is 0.0625. The molecule has 0 unspecified atom stereocenters. The van der Waals surface area contributed by atoms with Gasteiger partial charge in [-0.2, -0.15) is 5.10 Å². The highest BCUT2D eigenvalue weighted by Crippen LogP contribution is 2.22. The largest absolute Gasteiger partial charge is 0.381 e. The van der Waals surface area contributed by atoms with E-state index in [9.17, 15) is 4.39 Å². The zero-order chi connectivity index (χ0) is 14.7. The first-order valence-electron chi connectivity index (χ1n) is 6.50. The maximum atomic E-state index is 13.8. The van der Waals surface area contributed by atoms with Gasteiger partial charge < -0.3 is 5.32 Å². The van der Waals surface area contributed by atoms with Crippen LogP contribution >= 0.6 is 11.6 Å². The number of aromatic amines is 1. The Labute approximate surface area is 126 Å². The summed E-state index contributed by atoms with van der Waals surface area (Å²) >= 11 is 5.77. The Hall–Kier alpha value is -2.33. The maximum Gasteiger partial charge on any atom is 0.146 e. The predicted molar refractivity (Wildman–Crippen MR) is 82.8 cm³/mol. The van der Waals surface area contributed by atoms with Crippen molar-refractivity contribution < 1.29 is 4.39 Å². The number of nitrogens with one attached hydrogen (secondary N) is 2. The van der Waals surface area contributed by atoms with Crippen LogP contribution in [0.2, 0.25) is 5.02 Å².